The van der Waals surface area contributed by atoms with Gasteiger partial charge < -0.3 is 5.11 Å². The molecule has 0 unspecified atom stereocenters. The smallest absolute Gasteiger partial charge is 0.218 e. The Morgan fingerprint density at radius 1 is 0.667 bits per heavy atom. The quantitative estimate of drug-likeness (QED) is 0.448. The molecule has 130 valence electrons. The number of imidazole rings is 2. The van der Waals surface area contributed by atoms with Crippen LogP contribution in [-0.2, 0) is 7.05 Å². The molecule has 0 spiro atoms. The first-order valence-corrected chi connectivity index (χ1v) is 8.75. The van der Waals surface area contributed by atoms with Crippen LogP contribution in [0.4, 0.5) is 0 Å². The van der Waals surface area contributed by atoms with Crippen molar-refractivity contribution in [3.63, 3.8) is 0 Å². The number of benzene rings is 3. The fraction of sp³-hybridized carbons (Fsp3) is 0.0476. The topological polar surface area (TPSA) is 59.8 Å². The standard InChI is InChI=1S/C21H15N5O/c1-24-20-22-14-6-2-4-8-16(14)25(20)18-11-10-13(27)12-19(18)26-17-9-5-3-7-15(17)23-21(24)26/h2-12,27H,1H3. The monoisotopic (exact) mass is 353 g/mol. The predicted octanol–water partition coefficient (Wildman–Crippen LogP) is 4.05. The molecule has 0 atom stereocenters. The van der Waals surface area contributed by atoms with Crippen LogP contribution in [0.5, 0.6) is 5.75 Å². The molecule has 6 rings (SSSR count). The van der Waals surface area contributed by atoms with E-state index in [4.69, 9.17) is 9.97 Å². The van der Waals surface area contributed by atoms with Gasteiger partial charge in [-0.1, -0.05) is 24.3 Å². The number of phenols is 1. The summed E-state index contributed by atoms with van der Waals surface area (Å²) in [5.41, 5.74) is 5.64. The number of hydrogen-bond acceptors (Lipinski definition) is 3. The van der Waals surface area contributed by atoms with E-state index in [0.29, 0.717) is 0 Å². The van der Waals surface area contributed by atoms with Gasteiger partial charge in [-0.15, -0.1) is 0 Å². The van der Waals surface area contributed by atoms with E-state index in [-0.39, 0.29) is 5.75 Å². The lowest BCUT2D eigenvalue weighted by Crippen LogP contribution is -1.97. The van der Waals surface area contributed by atoms with E-state index in [9.17, 15) is 5.11 Å². The lowest BCUT2D eigenvalue weighted by Gasteiger charge is -2.02. The van der Waals surface area contributed by atoms with Crippen LogP contribution in [0.1, 0.15) is 0 Å². The highest BCUT2D eigenvalue weighted by atomic mass is 16.3. The summed E-state index contributed by atoms with van der Waals surface area (Å²) in [6.07, 6.45) is 0. The number of nitrogens with zero attached hydrogens (tertiary/aromatic N) is 5. The fourth-order valence-electron chi connectivity index (χ4n) is 3.92. The molecule has 0 fully saturated rings. The maximum atomic E-state index is 10.2. The Labute approximate surface area is 153 Å². The third-order valence-corrected chi connectivity index (χ3v) is 5.13. The van der Waals surface area contributed by atoms with Crippen LogP contribution in [0.15, 0.2) is 66.7 Å². The molecule has 0 bridgehead atoms. The van der Waals surface area contributed by atoms with Gasteiger partial charge in [-0.3, -0.25) is 13.4 Å². The van der Waals surface area contributed by atoms with Crippen LogP contribution >= 0.6 is 0 Å². The first kappa shape index (κ1) is 14.4. The number of phenolic OH excluding ortho intramolecular Hbond substituents is 1. The molecule has 0 saturated carbocycles. The Morgan fingerprint density at radius 2 is 1.22 bits per heavy atom. The predicted molar refractivity (Wildman–Crippen MR) is 106 cm³/mol. The highest BCUT2D eigenvalue weighted by molar-refractivity contribution is 5.92. The summed E-state index contributed by atoms with van der Waals surface area (Å²) in [5.74, 6) is 1.77. The van der Waals surface area contributed by atoms with Gasteiger partial charge in [0.05, 0.1) is 33.1 Å². The van der Waals surface area contributed by atoms with Crippen LogP contribution in [0, 0.1) is 0 Å². The Kier molecular flexibility index (Phi) is 2.60. The fourth-order valence-corrected chi connectivity index (χ4v) is 3.92. The van der Waals surface area contributed by atoms with Crippen LogP contribution in [0.2, 0.25) is 0 Å². The molecular formula is C21H15N5O. The third kappa shape index (κ3) is 1.79. The van der Waals surface area contributed by atoms with E-state index >= 15 is 0 Å². The molecular weight excluding hydrogens is 338 g/mol. The van der Waals surface area contributed by atoms with Gasteiger partial charge in [-0.2, -0.15) is 0 Å². The minimum Gasteiger partial charge on any atom is -0.508 e. The number of aryl methyl sites for hydroxylation is 1. The van der Waals surface area contributed by atoms with Crippen molar-refractivity contribution in [2.75, 3.05) is 0 Å². The van der Waals surface area contributed by atoms with Gasteiger partial charge in [0.15, 0.2) is 0 Å². The summed E-state index contributed by atoms with van der Waals surface area (Å²) >= 11 is 0. The van der Waals surface area contributed by atoms with Crippen molar-refractivity contribution in [3.05, 3.63) is 66.7 Å². The second-order valence-electron chi connectivity index (χ2n) is 6.70. The Hall–Kier alpha value is -3.80. The lowest BCUT2D eigenvalue weighted by molar-refractivity contribution is 0.476. The first-order chi connectivity index (χ1) is 13.2. The average molecular weight is 353 g/mol. The number of aromatic hydroxyl groups is 1. The molecule has 3 aromatic carbocycles. The minimum atomic E-state index is 0.216. The highest BCUT2D eigenvalue weighted by Crippen LogP contribution is 2.28. The van der Waals surface area contributed by atoms with E-state index in [1.807, 2.05) is 60.1 Å². The Balaban J connectivity index is 2.07. The zero-order valence-electron chi connectivity index (χ0n) is 14.5. The zero-order valence-corrected chi connectivity index (χ0v) is 14.5. The molecule has 27 heavy (non-hydrogen) atoms. The van der Waals surface area contributed by atoms with Crippen LogP contribution in [0.3, 0.4) is 0 Å². The molecule has 6 aromatic rings. The van der Waals surface area contributed by atoms with Crippen molar-refractivity contribution < 1.29 is 5.11 Å². The first-order valence-electron chi connectivity index (χ1n) is 8.75. The van der Waals surface area contributed by atoms with Crippen molar-refractivity contribution in [1.29, 1.82) is 0 Å². The summed E-state index contributed by atoms with van der Waals surface area (Å²) in [7, 11) is 1.97. The van der Waals surface area contributed by atoms with Crippen LogP contribution < -0.4 is 0 Å². The van der Waals surface area contributed by atoms with Crippen LogP contribution in [0.25, 0.3) is 44.7 Å². The van der Waals surface area contributed by atoms with Crippen molar-refractivity contribution in [1.82, 2.24) is 23.3 Å². The van der Waals surface area contributed by atoms with E-state index < -0.39 is 0 Å². The van der Waals surface area contributed by atoms with Crippen molar-refractivity contribution in [2.24, 2.45) is 7.05 Å². The summed E-state index contributed by atoms with van der Waals surface area (Å²) in [4.78, 5) is 9.70. The number of para-hydroxylation sites is 4. The van der Waals surface area contributed by atoms with E-state index in [0.717, 1.165) is 44.7 Å². The molecule has 0 saturated heterocycles. The third-order valence-electron chi connectivity index (χ3n) is 5.13. The van der Waals surface area contributed by atoms with Gasteiger partial charge in [0.2, 0.25) is 11.6 Å². The zero-order chi connectivity index (χ0) is 18.1. The summed E-state index contributed by atoms with van der Waals surface area (Å²) in [6.45, 7) is 0. The molecule has 1 N–H and O–H groups in total. The summed E-state index contributed by atoms with van der Waals surface area (Å²) in [5, 5.41) is 10.2. The molecule has 0 aliphatic heterocycles. The van der Waals surface area contributed by atoms with Gasteiger partial charge >= 0.3 is 0 Å². The van der Waals surface area contributed by atoms with Crippen molar-refractivity contribution in [2.45, 2.75) is 0 Å². The second kappa shape index (κ2) is 4.88. The van der Waals surface area contributed by atoms with Crippen molar-refractivity contribution in [3.8, 4) is 5.75 Å². The number of hydrogen-bond donors (Lipinski definition) is 1. The average Bonchev–Trinajstić information content (AvgIpc) is 3.24. The summed E-state index contributed by atoms with van der Waals surface area (Å²) in [6, 6.07) is 21.5. The number of aromatic nitrogens is 5. The Bertz CT molecular complexity index is 1550. The molecule has 6 heteroatoms. The number of rotatable bonds is 0. The number of fused-ring (bicyclic) bond motifs is 9. The highest BCUT2D eigenvalue weighted by Gasteiger charge is 2.15. The summed E-state index contributed by atoms with van der Waals surface area (Å²) < 4.78 is 6.19. The van der Waals surface area contributed by atoms with E-state index in [1.165, 1.54) is 0 Å². The van der Waals surface area contributed by atoms with Gasteiger partial charge in [0.25, 0.3) is 0 Å². The second-order valence-corrected chi connectivity index (χ2v) is 6.70. The van der Waals surface area contributed by atoms with Gasteiger partial charge in [-0.05, 0) is 36.4 Å². The van der Waals surface area contributed by atoms with Crippen LogP contribution in [-0.4, -0.2) is 28.4 Å². The van der Waals surface area contributed by atoms with Gasteiger partial charge in [0.1, 0.15) is 5.75 Å². The minimum absolute atomic E-state index is 0.216. The van der Waals surface area contributed by atoms with E-state index in [2.05, 4.69) is 14.9 Å². The molecule has 3 heterocycles. The molecule has 3 aromatic heterocycles. The maximum absolute atomic E-state index is 10.2. The molecule has 0 radical (unpaired) electrons. The SMILES string of the molecule is Cn1c2nc3ccccc3n2c2ccc(O)cc2n2c3ccccc3nc12. The Morgan fingerprint density at radius 3 is 1.85 bits per heavy atom. The maximum Gasteiger partial charge on any atom is 0.218 e. The van der Waals surface area contributed by atoms with Gasteiger partial charge in [0, 0.05) is 13.1 Å². The molecule has 6 nitrogen and oxygen atoms in total. The van der Waals surface area contributed by atoms with Crippen molar-refractivity contribution >= 4 is 44.7 Å². The normalized spacial score (nSPS) is 12.0. The largest absolute Gasteiger partial charge is 0.508 e. The van der Waals surface area contributed by atoms with E-state index in [1.54, 1.807) is 12.1 Å². The van der Waals surface area contributed by atoms with Gasteiger partial charge in [-0.25, -0.2) is 9.97 Å². The molecule has 0 aliphatic carbocycles. The lowest BCUT2D eigenvalue weighted by atomic mass is 10.2. The molecule has 0 aliphatic rings. The molecule has 0 amide bonds.